The van der Waals surface area contributed by atoms with Crippen molar-refractivity contribution in [2.45, 2.75) is 52.7 Å². The molecule has 1 saturated heterocycles. The van der Waals surface area contributed by atoms with Crippen molar-refractivity contribution in [3.8, 4) is 0 Å². The number of amides is 5. The third-order valence-electron chi connectivity index (χ3n) is 5.55. The van der Waals surface area contributed by atoms with E-state index in [1.807, 2.05) is 25.7 Å². The van der Waals surface area contributed by atoms with Crippen LogP contribution in [-0.4, -0.2) is 77.3 Å². The zero-order valence-corrected chi connectivity index (χ0v) is 19.6. The summed E-state index contributed by atoms with van der Waals surface area (Å²) in [5.74, 6) is -2.31. The van der Waals surface area contributed by atoms with Crippen LogP contribution in [0, 0.1) is 0 Å². The highest BCUT2D eigenvalue weighted by Crippen LogP contribution is 2.29. The fraction of sp³-hybridized carbons (Fsp3) is 0.522. The summed E-state index contributed by atoms with van der Waals surface area (Å²) in [6, 6.07) is 3.85. The van der Waals surface area contributed by atoms with Crippen LogP contribution in [0.25, 0.3) is 0 Å². The first-order valence-electron chi connectivity index (χ1n) is 11.0. The number of fused-ring (bicyclic) bond motifs is 1. The Labute approximate surface area is 192 Å². The molecule has 0 radical (unpaired) electrons. The molecule has 0 spiro atoms. The third-order valence-corrected chi connectivity index (χ3v) is 5.55. The Hall–Kier alpha value is -3.43. The second-order valence-electron chi connectivity index (χ2n) is 9.11. The van der Waals surface area contributed by atoms with E-state index in [4.69, 9.17) is 4.74 Å². The van der Waals surface area contributed by atoms with Gasteiger partial charge in [-0.15, -0.1) is 0 Å². The third kappa shape index (κ3) is 5.15. The maximum atomic E-state index is 13.0. The van der Waals surface area contributed by atoms with Gasteiger partial charge < -0.3 is 14.5 Å². The second-order valence-corrected chi connectivity index (χ2v) is 9.11. The molecule has 2 aliphatic heterocycles. The Morgan fingerprint density at radius 2 is 1.64 bits per heavy atom. The van der Waals surface area contributed by atoms with E-state index in [-0.39, 0.29) is 23.6 Å². The van der Waals surface area contributed by atoms with Crippen LogP contribution in [0.15, 0.2) is 18.2 Å². The predicted octanol–water partition coefficient (Wildman–Crippen LogP) is 1.78. The van der Waals surface area contributed by atoms with Crippen molar-refractivity contribution in [2.75, 3.05) is 31.1 Å². The van der Waals surface area contributed by atoms with Crippen LogP contribution in [-0.2, 0) is 14.3 Å². The molecule has 1 aromatic rings. The van der Waals surface area contributed by atoms with Crippen LogP contribution in [0.3, 0.4) is 0 Å². The van der Waals surface area contributed by atoms with E-state index in [1.165, 1.54) is 6.92 Å². The van der Waals surface area contributed by atoms with Gasteiger partial charge in [0.1, 0.15) is 11.6 Å². The Kier molecular flexibility index (Phi) is 6.76. The number of hydrogen-bond donors (Lipinski definition) is 1. The Balaban J connectivity index is 1.70. The van der Waals surface area contributed by atoms with Gasteiger partial charge in [-0.25, -0.2) is 4.79 Å². The number of rotatable bonds is 4. The molecule has 1 atom stereocenters. The SMILES string of the molecule is CCC(=O)NC(=O)C(C)N1C(=O)c2ccc(N3CCN(C(=O)OC(C)(C)C)CC3)cc2C1=O. The summed E-state index contributed by atoms with van der Waals surface area (Å²) in [7, 11) is 0. The summed E-state index contributed by atoms with van der Waals surface area (Å²) in [5, 5.41) is 2.19. The molecule has 33 heavy (non-hydrogen) atoms. The first kappa shape index (κ1) is 24.2. The minimum Gasteiger partial charge on any atom is -0.444 e. The summed E-state index contributed by atoms with van der Waals surface area (Å²) in [6.45, 7) is 10.5. The maximum absolute atomic E-state index is 13.0. The average molecular weight is 459 g/mol. The summed E-state index contributed by atoms with van der Waals surface area (Å²) < 4.78 is 5.42. The van der Waals surface area contributed by atoms with E-state index in [0.29, 0.717) is 26.2 Å². The van der Waals surface area contributed by atoms with E-state index in [0.717, 1.165) is 10.6 Å². The lowest BCUT2D eigenvalue weighted by molar-refractivity contribution is -0.132. The van der Waals surface area contributed by atoms with Crippen LogP contribution >= 0.6 is 0 Å². The van der Waals surface area contributed by atoms with E-state index >= 15 is 0 Å². The highest BCUT2D eigenvalue weighted by molar-refractivity contribution is 6.23. The number of piperazine rings is 1. The molecular weight excluding hydrogens is 428 g/mol. The number of carbonyl (C=O) groups is 5. The normalized spacial score (nSPS) is 17.1. The minimum absolute atomic E-state index is 0.116. The van der Waals surface area contributed by atoms with Crippen LogP contribution in [0.4, 0.5) is 10.5 Å². The number of nitrogens with one attached hydrogen (secondary N) is 1. The molecule has 1 unspecified atom stereocenters. The summed E-state index contributed by atoms with van der Waals surface area (Å²) in [5.41, 5.74) is 0.621. The molecule has 178 valence electrons. The van der Waals surface area contributed by atoms with E-state index < -0.39 is 35.3 Å². The monoisotopic (exact) mass is 458 g/mol. The van der Waals surface area contributed by atoms with Crippen LogP contribution in [0.1, 0.15) is 61.8 Å². The average Bonchev–Trinajstić information content (AvgIpc) is 3.01. The number of ether oxygens (including phenoxy) is 1. The molecule has 10 nitrogen and oxygen atoms in total. The van der Waals surface area contributed by atoms with Crippen molar-refractivity contribution in [3.63, 3.8) is 0 Å². The van der Waals surface area contributed by atoms with Gasteiger partial charge in [0.25, 0.3) is 11.8 Å². The largest absolute Gasteiger partial charge is 0.444 e. The number of benzene rings is 1. The lowest BCUT2D eigenvalue weighted by atomic mass is 10.1. The van der Waals surface area contributed by atoms with Gasteiger partial charge in [-0.1, -0.05) is 6.92 Å². The second kappa shape index (κ2) is 9.21. The number of imide groups is 2. The molecule has 0 bridgehead atoms. The van der Waals surface area contributed by atoms with E-state index in [9.17, 15) is 24.0 Å². The van der Waals surface area contributed by atoms with E-state index in [2.05, 4.69) is 5.32 Å². The van der Waals surface area contributed by atoms with Gasteiger partial charge in [0.15, 0.2) is 0 Å². The van der Waals surface area contributed by atoms with Crippen LogP contribution in [0.2, 0.25) is 0 Å². The Morgan fingerprint density at radius 3 is 2.21 bits per heavy atom. The lowest BCUT2D eigenvalue weighted by Gasteiger charge is -2.36. The van der Waals surface area contributed by atoms with Crippen molar-refractivity contribution in [1.29, 1.82) is 0 Å². The summed E-state index contributed by atoms with van der Waals surface area (Å²) in [6.07, 6.45) is -0.244. The first-order chi connectivity index (χ1) is 15.4. The van der Waals surface area contributed by atoms with Crippen molar-refractivity contribution in [2.24, 2.45) is 0 Å². The molecular formula is C23H30N4O6. The van der Waals surface area contributed by atoms with Gasteiger partial charge in [0.05, 0.1) is 11.1 Å². The molecule has 5 amide bonds. The zero-order chi connectivity index (χ0) is 24.5. The van der Waals surface area contributed by atoms with Gasteiger partial charge >= 0.3 is 6.09 Å². The van der Waals surface area contributed by atoms with Gasteiger partial charge in [-0.3, -0.25) is 29.4 Å². The molecule has 1 aromatic carbocycles. The minimum atomic E-state index is -1.12. The number of anilines is 1. The van der Waals surface area contributed by atoms with Crippen molar-refractivity contribution < 1.29 is 28.7 Å². The fourth-order valence-electron chi connectivity index (χ4n) is 3.72. The topological polar surface area (TPSA) is 116 Å². The van der Waals surface area contributed by atoms with Crippen molar-refractivity contribution in [1.82, 2.24) is 15.1 Å². The standard InChI is InChI=1S/C23H30N4O6/c1-6-18(28)24-19(29)14(2)27-20(30)16-8-7-15(13-17(16)21(27)31)25-9-11-26(12-10-25)22(32)33-23(3,4)5/h7-8,13-14H,6,9-12H2,1-5H3,(H,24,28,29). The number of carbonyl (C=O) groups excluding carboxylic acids is 5. The quantitative estimate of drug-likeness (QED) is 0.684. The highest BCUT2D eigenvalue weighted by atomic mass is 16.6. The van der Waals surface area contributed by atoms with Crippen molar-refractivity contribution in [3.05, 3.63) is 29.3 Å². The Morgan fingerprint density at radius 1 is 1.03 bits per heavy atom. The van der Waals surface area contributed by atoms with Gasteiger partial charge in [-0.05, 0) is 45.9 Å². The fourth-order valence-corrected chi connectivity index (χ4v) is 3.72. The molecule has 10 heteroatoms. The van der Waals surface area contributed by atoms with Crippen molar-refractivity contribution >= 4 is 35.4 Å². The smallest absolute Gasteiger partial charge is 0.410 e. The van der Waals surface area contributed by atoms with Gasteiger partial charge in [0.2, 0.25) is 11.8 Å². The molecule has 2 heterocycles. The zero-order valence-electron chi connectivity index (χ0n) is 19.6. The molecule has 1 fully saturated rings. The Bertz CT molecular complexity index is 991. The predicted molar refractivity (Wildman–Crippen MR) is 120 cm³/mol. The van der Waals surface area contributed by atoms with E-state index in [1.54, 1.807) is 30.0 Å². The molecule has 0 aliphatic carbocycles. The summed E-state index contributed by atoms with van der Waals surface area (Å²) >= 11 is 0. The molecule has 0 saturated carbocycles. The molecule has 1 N–H and O–H groups in total. The van der Waals surface area contributed by atoms with Gasteiger partial charge in [-0.2, -0.15) is 0 Å². The lowest BCUT2D eigenvalue weighted by Crippen LogP contribution is -2.50. The first-order valence-corrected chi connectivity index (χ1v) is 11.0. The maximum Gasteiger partial charge on any atom is 0.410 e. The molecule has 0 aromatic heterocycles. The number of nitrogens with zero attached hydrogens (tertiary/aromatic N) is 3. The molecule has 3 rings (SSSR count). The van der Waals surface area contributed by atoms with Crippen LogP contribution in [0.5, 0.6) is 0 Å². The summed E-state index contributed by atoms with van der Waals surface area (Å²) in [4.78, 5) is 66.4. The van der Waals surface area contributed by atoms with Crippen LogP contribution < -0.4 is 10.2 Å². The highest BCUT2D eigenvalue weighted by Gasteiger charge is 2.41. The van der Waals surface area contributed by atoms with Gasteiger partial charge in [0, 0.05) is 38.3 Å². The molecule has 2 aliphatic rings. The number of hydrogen-bond acceptors (Lipinski definition) is 7.